The number of halogens is 3. The van der Waals surface area contributed by atoms with Crippen LogP contribution >= 0.6 is 15.9 Å². The van der Waals surface area contributed by atoms with Crippen molar-refractivity contribution in [1.82, 2.24) is 10.2 Å². The Morgan fingerprint density at radius 3 is 2.50 bits per heavy atom. The summed E-state index contributed by atoms with van der Waals surface area (Å²) in [7, 11) is 0. The standard InChI is InChI=1S/C11H6BrF2N3O/c12-6-4-7(13)10(8(14)5-6)11(18)16-9-2-1-3-15-17-9/h1-5H,(H,16,17,18). The highest BCUT2D eigenvalue weighted by atomic mass is 79.9. The Kier molecular flexibility index (Phi) is 3.61. The van der Waals surface area contributed by atoms with Crippen LogP contribution in [0.25, 0.3) is 0 Å². The van der Waals surface area contributed by atoms with E-state index in [4.69, 9.17) is 0 Å². The highest BCUT2D eigenvalue weighted by molar-refractivity contribution is 9.10. The Balaban J connectivity index is 2.30. The molecule has 0 saturated carbocycles. The molecule has 0 aliphatic rings. The molecule has 0 aliphatic heterocycles. The Labute approximate surface area is 109 Å². The van der Waals surface area contributed by atoms with E-state index in [0.29, 0.717) is 0 Å². The highest BCUT2D eigenvalue weighted by Gasteiger charge is 2.18. The third-order valence-corrected chi connectivity index (χ3v) is 2.51. The zero-order valence-electron chi connectivity index (χ0n) is 8.82. The highest BCUT2D eigenvalue weighted by Crippen LogP contribution is 2.20. The summed E-state index contributed by atoms with van der Waals surface area (Å²) in [6.07, 6.45) is 1.41. The molecule has 0 unspecified atom stereocenters. The fraction of sp³-hybridized carbons (Fsp3) is 0. The molecule has 1 heterocycles. The average molecular weight is 314 g/mol. The van der Waals surface area contributed by atoms with Crippen molar-refractivity contribution in [3.63, 3.8) is 0 Å². The molecule has 92 valence electrons. The van der Waals surface area contributed by atoms with E-state index in [1.807, 2.05) is 0 Å². The second-order valence-electron chi connectivity index (χ2n) is 3.31. The first-order chi connectivity index (χ1) is 8.58. The van der Waals surface area contributed by atoms with Crippen molar-refractivity contribution >= 4 is 27.7 Å². The van der Waals surface area contributed by atoms with Gasteiger partial charge in [-0.3, -0.25) is 4.79 Å². The number of nitrogens with one attached hydrogen (secondary N) is 1. The Morgan fingerprint density at radius 1 is 1.28 bits per heavy atom. The SMILES string of the molecule is O=C(Nc1cccnn1)c1c(F)cc(Br)cc1F. The summed E-state index contributed by atoms with van der Waals surface area (Å²) in [5, 5.41) is 9.37. The van der Waals surface area contributed by atoms with Crippen LogP contribution in [-0.2, 0) is 0 Å². The largest absolute Gasteiger partial charge is 0.305 e. The number of hydrogen-bond donors (Lipinski definition) is 1. The van der Waals surface area contributed by atoms with Crippen LogP contribution in [0.5, 0.6) is 0 Å². The molecule has 1 aromatic heterocycles. The van der Waals surface area contributed by atoms with Crippen molar-refractivity contribution in [2.24, 2.45) is 0 Å². The molecule has 18 heavy (non-hydrogen) atoms. The van der Waals surface area contributed by atoms with Crippen LogP contribution in [0.4, 0.5) is 14.6 Å². The van der Waals surface area contributed by atoms with Gasteiger partial charge in [0.25, 0.3) is 5.91 Å². The van der Waals surface area contributed by atoms with Gasteiger partial charge in [-0.2, -0.15) is 5.10 Å². The number of rotatable bonds is 2. The lowest BCUT2D eigenvalue weighted by Crippen LogP contribution is -2.16. The predicted molar refractivity (Wildman–Crippen MR) is 64.0 cm³/mol. The second-order valence-corrected chi connectivity index (χ2v) is 4.22. The maximum Gasteiger partial charge on any atom is 0.262 e. The molecule has 0 saturated heterocycles. The third-order valence-electron chi connectivity index (χ3n) is 2.05. The van der Waals surface area contributed by atoms with Gasteiger partial charge in [-0.15, -0.1) is 5.10 Å². The molecule has 1 N–H and O–H groups in total. The maximum absolute atomic E-state index is 13.5. The first-order valence-corrected chi connectivity index (χ1v) is 5.61. The molecule has 1 aromatic carbocycles. The van der Waals surface area contributed by atoms with E-state index in [1.54, 1.807) is 0 Å². The van der Waals surface area contributed by atoms with E-state index in [1.165, 1.54) is 18.3 Å². The minimum atomic E-state index is -0.955. The van der Waals surface area contributed by atoms with Gasteiger partial charge in [0.2, 0.25) is 0 Å². The van der Waals surface area contributed by atoms with E-state index in [2.05, 4.69) is 31.4 Å². The summed E-state index contributed by atoms with van der Waals surface area (Å²) in [5.74, 6) is -2.71. The minimum absolute atomic E-state index is 0.115. The van der Waals surface area contributed by atoms with Crippen LogP contribution < -0.4 is 5.32 Å². The molecule has 0 radical (unpaired) electrons. The normalized spacial score (nSPS) is 10.2. The van der Waals surface area contributed by atoms with Gasteiger partial charge < -0.3 is 5.32 Å². The molecule has 0 fully saturated rings. The summed E-state index contributed by atoms with van der Waals surface area (Å²) in [4.78, 5) is 11.7. The van der Waals surface area contributed by atoms with E-state index in [-0.39, 0.29) is 10.3 Å². The van der Waals surface area contributed by atoms with Gasteiger partial charge in [0, 0.05) is 10.7 Å². The first-order valence-electron chi connectivity index (χ1n) is 4.81. The minimum Gasteiger partial charge on any atom is -0.305 e. The van der Waals surface area contributed by atoms with Gasteiger partial charge in [0.1, 0.15) is 17.2 Å². The van der Waals surface area contributed by atoms with Crippen molar-refractivity contribution in [2.45, 2.75) is 0 Å². The van der Waals surface area contributed by atoms with Crippen molar-refractivity contribution in [2.75, 3.05) is 5.32 Å². The average Bonchev–Trinajstić information content (AvgIpc) is 2.28. The van der Waals surface area contributed by atoms with Gasteiger partial charge in [0.15, 0.2) is 5.82 Å². The van der Waals surface area contributed by atoms with Crippen LogP contribution in [-0.4, -0.2) is 16.1 Å². The molecule has 0 spiro atoms. The zero-order chi connectivity index (χ0) is 13.1. The fourth-order valence-electron chi connectivity index (χ4n) is 1.31. The summed E-state index contributed by atoms with van der Waals surface area (Å²) in [6, 6.07) is 5.01. The smallest absolute Gasteiger partial charge is 0.262 e. The van der Waals surface area contributed by atoms with Crippen molar-refractivity contribution in [3.05, 3.63) is 52.1 Å². The molecule has 1 amide bonds. The van der Waals surface area contributed by atoms with Crippen LogP contribution in [0.1, 0.15) is 10.4 Å². The molecule has 0 aliphatic carbocycles. The Hall–Kier alpha value is -1.89. The van der Waals surface area contributed by atoms with E-state index >= 15 is 0 Å². The Bertz CT molecular complexity index is 569. The summed E-state index contributed by atoms with van der Waals surface area (Å²) in [6.45, 7) is 0. The van der Waals surface area contributed by atoms with Crippen molar-refractivity contribution in [3.8, 4) is 0 Å². The topological polar surface area (TPSA) is 54.9 Å². The number of aromatic nitrogens is 2. The number of nitrogens with zero attached hydrogens (tertiary/aromatic N) is 2. The zero-order valence-corrected chi connectivity index (χ0v) is 10.4. The first kappa shape index (κ1) is 12.6. The molecule has 7 heteroatoms. The maximum atomic E-state index is 13.5. The molecule has 0 atom stereocenters. The monoisotopic (exact) mass is 313 g/mol. The number of benzene rings is 1. The summed E-state index contributed by atoms with van der Waals surface area (Å²) < 4.78 is 27.2. The Morgan fingerprint density at radius 2 is 1.94 bits per heavy atom. The molecular weight excluding hydrogens is 308 g/mol. The van der Waals surface area contributed by atoms with Gasteiger partial charge in [-0.1, -0.05) is 15.9 Å². The number of carbonyl (C=O) groups excluding carboxylic acids is 1. The van der Waals surface area contributed by atoms with Gasteiger partial charge in [-0.05, 0) is 24.3 Å². The number of anilines is 1. The number of amides is 1. The fourth-order valence-corrected chi connectivity index (χ4v) is 1.71. The van der Waals surface area contributed by atoms with Gasteiger partial charge >= 0.3 is 0 Å². The molecule has 0 bridgehead atoms. The van der Waals surface area contributed by atoms with Crippen LogP contribution in [0.15, 0.2) is 34.9 Å². The van der Waals surface area contributed by atoms with Crippen LogP contribution in [0, 0.1) is 11.6 Å². The molecule has 2 rings (SSSR count). The van der Waals surface area contributed by atoms with Crippen LogP contribution in [0.2, 0.25) is 0 Å². The number of hydrogen-bond acceptors (Lipinski definition) is 3. The van der Waals surface area contributed by atoms with Gasteiger partial charge in [0.05, 0.1) is 0 Å². The van der Waals surface area contributed by atoms with Crippen molar-refractivity contribution in [1.29, 1.82) is 0 Å². The van der Waals surface area contributed by atoms with Gasteiger partial charge in [-0.25, -0.2) is 8.78 Å². The number of carbonyl (C=O) groups is 1. The van der Waals surface area contributed by atoms with Crippen molar-refractivity contribution < 1.29 is 13.6 Å². The lowest BCUT2D eigenvalue weighted by molar-refractivity contribution is 0.101. The quantitative estimate of drug-likeness (QED) is 0.927. The predicted octanol–water partition coefficient (Wildman–Crippen LogP) is 2.77. The molecule has 2 aromatic rings. The van der Waals surface area contributed by atoms with Crippen LogP contribution in [0.3, 0.4) is 0 Å². The van der Waals surface area contributed by atoms with E-state index in [9.17, 15) is 13.6 Å². The summed E-state index contributed by atoms with van der Waals surface area (Å²) >= 11 is 2.93. The van der Waals surface area contributed by atoms with E-state index in [0.717, 1.165) is 12.1 Å². The summed E-state index contributed by atoms with van der Waals surface area (Å²) in [5.41, 5.74) is -0.663. The lowest BCUT2D eigenvalue weighted by atomic mass is 10.2. The third kappa shape index (κ3) is 2.67. The second kappa shape index (κ2) is 5.18. The molecule has 4 nitrogen and oxygen atoms in total. The van der Waals surface area contributed by atoms with E-state index < -0.39 is 23.1 Å². The molecular formula is C11H6BrF2N3O. The lowest BCUT2D eigenvalue weighted by Gasteiger charge is -2.06.